The molecule has 0 spiro atoms. The quantitative estimate of drug-likeness (QED) is 0.670. The lowest BCUT2D eigenvalue weighted by atomic mass is 10.0. The summed E-state index contributed by atoms with van der Waals surface area (Å²) in [4.78, 5) is 26.4. The van der Waals surface area contributed by atoms with Gasteiger partial charge in [0.2, 0.25) is 5.91 Å². The SMILES string of the molecule is O=C(Nc1ccccc1F)N[C@H]1C=C[C@@H](CC(=O)N2CCCCC2)O[C@H]1CO. The van der Waals surface area contributed by atoms with Gasteiger partial charge in [0.25, 0.3) is 0 Å². The number of nitrogens with zero attached hydrogens (tertiary/aromatic N) is 1. The molecule has 1 aromatic carbocycles. The van der Waals surface area contributed by atoms with Gasteiger partial charge in [0, 0.05) is 13.1 Å². The number of amides is 3. The predicted molar refractivity (Wildman–Crippen MR) is 102 cm³/mol. The van der Waals surface area contributed by atoms with Crippen molar-refractivity contribution in [2.75, 3.05) is 25.0 Å². The zero-order valence-electron chi connectivity index (χ0n) is 15.6. The number of carbonyl (C=O) groups is 2. The largest absolute Gasteiger partial charge is 0.394 e. The van der Waals surface area contributed by atoms with E-state index in [2.05, 4.69) is 10.6 Å². The molecule has 152 valence electrons. The Kier molecular flexibility index (Phi) is 7.00. The van der Waals surface area contributed by atoms with Crippen LogP contribution in [0.4, 0.5) is 14.9 Å². The van der Waals surface area contributed by atoms with E-state index in [0.717, 1.165) is 32.4 Å². The Labute approximate surface area is 163 Å². The molecule has 1 saturated heterocycles. The van der Waals surface area contributed by atoms with E-state index in [0.29, 0.717) is 0 Å². The number of carbonyl (C=O) groups excluding carboxylic acids is 2. The number of nitrogens with one attached hydrogen (secondary N) is 2. The van der Waals surface area contributed by atoms with Crippen LogP contribution in [0.15, 0.2) is 36.4 Å². The summed E-state index contributed by atoms with van der Waals surface area (Å²) in [5, 5.41) is 14.7. The highest BCUT2D eigenvalue weighted by Crippen LogP contribution is 2.19. The Hall–Kier alpha value is -2.45. The highest BCUT2D eigenvalue weighted by Gasteiger charge is 2.30. The smallest absolute Gasteiger partial charge is 0.319 e. The fourth-order valence-corrected chi connectivity index (χ4v) is 3.45. The van der Waals surface area contributed by atoms with E-state index in [4.69, 9.17) is 4.74 Å². The van der Waals surface area contributed by atoms with Gasteiger partial charge in [-0.15, -0.1) is 0 Å². The Balaban J connectivity index is 1.54. The first kappa shape index (κ1) is 20.3. The van der Waals surface area contributed by atoms with Crippen LogP contribution in [0.25, 0.3) is 0 Å². The number of hydrogen-bond donors (Lipinski definition) is 3. The lowest BCUT2D eigenvalue weighted by molar-refractivity contribution is -0.136. The summed E-state index contributed by atoms with van der Waals surface area (Å²) in [6, 6.07) is 4.65. The molecule has 7 nitrogen and oxygen atoms in total. The van der Waals surface area contributed by atoms with Crippen LogP contribution in [0.2, 0.25) is 0 Å². The summed E-state index contributed by atoms with van der Waals surface area (Å²) in [5.74, 6) is -0.502. The van der Waals surface area contributed by atoms with Gasteiger partial charge in [-0.05, 0) is 31.4 Å². The van der Waals surface area contributed by atoms with Crippen molar-refractivity contribution in [2.45, 2.75) is 43.9 Å². The molecule has 1 fully saturated rings. The molecule has 0 bridgehead atoms. The summed E-state index contributed by atoms with van der Waals surface area (Å²) >= 11 is 0. The first-order valence-corrected chi connectivity index (χ1v) is 9.61. The van der Waals surface area contributed by atoms with Crippen molar-refractivity contribution in [1.82, 2.24) is 10.2 Å². The molecule has 2 aliphatic rings. The van der Waals surface area contributed by atoms with Crippen molar-refractivity contribution in [1.29, 1.82) is 0 Å². The van der Waals surface area contributed by atoms with Gasteiger partial charge in [-0.25, -0.2) is 9.18 Å². The second-order valence-corrected chi connectivity index (χ2v) is 7.03. The van der Waals surface area contributed by atoms with E-state index in [1.165, 1.54) is 18.2 Å². The monoisotopic (exact) mass is 391 g/mol. The number of anilines is 1. The van der Waals surface area contributed by atoms with E-state index in [1.54, 1.807) is 18.2 Å². The first-order chi connectivity index (χ1) is 13.6. The van der Waals surface area contributed by atoms with Gasteiger partial charge in [0.1, 0.15) is 11.9 Å². The second kappa shape index (κ2) is 9.66. The Morgan fingerprint density at radius 1 is 1.18 bits per heavy atom. The van der Waals surface area contributed by atoms with Crippen molar-refractivity contribution in [3.63, 3.8) is 0 Å². The maximum Gasteiger partial charge on any atom is 0.319 e. The minimum absolute atomic E-state index is 0.0368. The molecule has 0 aliphatic carbocycles. The Morgan fingerprint density at radius 3 is 2.64 bits per heavy atom. The van der Waals surface area contributed by atoms with Crippen LogP contribution < -0.4 is 10.6 Å². The highest BCUT2D eigenvalue weighted by atomic mass is 19.1. The van der Waals surface area contributed by atoms with E-state index in [1.807, 2.05) is 4.90 Å². The van der Waals surface area contributed by atoms with Crippen LogP contribution >= 0.6 is 0 Å². The molecule has 0 aromatic heterocycles. The van der Waals surface area contributed by atoms with Crippen molar-refractivity contribution in [2.24, 2.45) is 0 Å². The van der Waals surface area contributed by atoms with Crippen molar-refractivity contribution >= 4 is 17.6 Å². The summed E-state index contributed by atoms with van der Waals surface area (Å²) < 4.78 is 19.4. The van der Waals surface area contributed by atoms with E-state index in [9.17, 15) is 19.1 Å². The average molecular weight is 391 g/mol. The third kappa shape index (κ3) is 5.30. The molecule has 0 radical (unpaired) electrons. The molecule has 3 amide bonds. The van der Waals surface area contributed by atoms with Gasteiger partial charge < -0.3 is 25.4 Å². The van der Waals surface area contributed by atoms with Crippen LogP contribution in [-0.4, -0.2) is 59.9 Å². The van der Waals surface area contributed by atoms with Crippen molar-refractivity contribution < 1.29 is 23.8 Å². The minimum Gasteiger partial charge on any atom is -0.394 e. The zero-order chi connectivity index (χ0) is 19.9. The van der Waals surface area contributed by atoms with Crippen molar-refractivity contribution in [3.8, 4) is 0 Å². The minimum atomic E-state index is -0.685. The molecule has 3 rings (SSSR count). The van der Waals surface area contributed by atoms with Crippen LogP contribution in [0.3, 0.4) is 0 Å². The number of hydrogen-bond acceptors (Lipinski definition) is 4. The van der Waals surface area contributed by atoms with Gasteiger partial charge in [-0.1, -0.05) is 24.3 Å². The number of benzene rings is 1. The van der Waals surface area contributed by atoms with E-state index in [-0.39, 0.29) is 24.6 Å². The zero-order valence-corrected chi connectivity index (χ0v) is 15.6. The molecular weight excluding hydrogens is 365 g/mol. The molecule has 3 atom stereocenters. The average Bonchev–Trinajstić information content (AvgIpc) is 2.71. The number of likely N-dealkylation sites (tertiary alicyclic amines) is 1. The molecular formula is C20H26FN3O4. The topological polar surface area (TPSA) is 90.9 Å². The highest BCUT2D eigenvalue weighted by molar-refractivity contribution is 5.89. The van der Waals surface area contributed by atoms with E-state index >= 15 is 0 Å². The van der Waals surface area contributed by atoms with Crippen LogP contribution in [0.1, 0.15) is 25.7 Å². The van der Waals surface area contributed by atoms with Crippen molar-refractivity contribution in [3.05, 3.63) is 42.2 Å². The number of para-hydroxylation sites is 1. The third-order valence-corrected chi connectivity index (χ3v) is 4.97. The maximum atomic E-state index is 13.6. The fraction of sp³-hybridized carbons (Fsp3) is 0.500. The lowest BCUT2D eigenvalue weighted by Gasteiger charge is -2.33. The second-order valence-electron chi connectivity index (χ2n) is 7.03. The Bertz CT molecular complexity index is 721. The summed E-state index contributed by atoms with van der Waals surface area (Å²) in [7, 11) is 0. The predicted octanol–water partition coefficient (Wildman–Crippen LogP) is 2.03. The molecule has 8 heteroatoms. The number of aliphatic hydroxyl groups is 1. The summed E-state index contributed by atoms with van der Waals surface area (Å²) in [6.45, 7) is 1.24. The summed E-state index contributed by atoms with van der Waals surface area (Å²) in [6.07, 6.45) is 5.71. The number of rotatable bonds is 5. The van der Waals surface area contributed by atoms with Crippen LogP contribution in [0.5, 0.6) is 0 Å². The lowest BCUT2D eigenvalue weighted by Crippen LogP contribution is -2.50. The third-order valence-electron chi connectivity index (χ3n) is 4.97. The molecule has 28 heavy (non-hydrogen) atoms. The number of aliphatic hydroxyl groups excluding tert-OH is 1. The molecule has 2 heterocycles. The Morgan fingerprint density at radius 2 is 1.93 bits per heavy atom. The van der Waals surface area contributed by atoms with Crippen LogP contribution in [0, 0.1) is 5.82 Å². The summed E-state index contributed by atoms with van der Waals surface area (Å²) in [5.41, 5.74) is 0.0614. The number of ether oxygens (including phenoxy) is 1. The number of halogens is 1. The first-order valence-electron chi connectivity index (χ1n) is 9.61. The van der Waals surface area contributed by atoms with Gasteiger partial charge in [0.05, 0.1) is 30.9 Å². The fourth-order valence-electron chi connectivity index (χ4n) is 3.45. The molecule has 0 unspecified atom stereocenters. The van der Waals surface area contributed by atoms with Gasteiger partial charge in [0.15, 0.2) is 0 Å². The molecule has 3 N–H and O–H groups in total. The van der Waals surface area contributed by atoms with Crippen LogP contribution in [-0.2, 0) is 9.53 Å². The maximum absolute atomic E-state index is 13.6. The molecule has 1 aromatic rings. The molecule has 2 aliphatic heterocycles. The normalized spacial score (nSPS) is 24.6. The standard InChI is InChI=1S/C20H26FN3O4/c21-15-6-2-3-7-16(15)22-20(27)23-17-9-8-14(28-18(17)13-25)12-19(26)24-10-4-1-5-11-24/h2-3,6-9,14,17-18,25H,1,4-5,10-13H2,(H2,22,23,27)/t14-,17-,18-/m0/s1. The van der Waals surface area contributed by atoms with E-state index < -0.39 is 30.1 Å². The number of urea groups is 1. The van der Waals surface area contributed by atoms with Gasteiger partial charge >= 0.3 is 6.03 Å². The van der Waals surface area contributed by atoms with Gasteiger partial charge in [-0.2, -0.15) is 0 Å². The number of piperidine rings is 1. The van der Waals surface area contributed by atoms with Gasteiger partial charge in [-0.3, -0.25) is 4.79 Å². The molecule has 0 saturated carbocycles.